The zero-order valence-corrected chi connectivity index (χ0v) is 18.1. The van der Waals surface area contributed by atoms with E-state index in [0.29, 0.717) is 32.1 Å². The molecule has 1 aliphatic rings. The van der Waals surface area contributed by atoms with Crippen molar-refractivity contribution in [2.75, 3.05) is 6.61 Å². The second kappa shape index (κ2) is 12.6. The molecule has 4 N–H and O–H groups in total. The first-order valence-corrected chi connectivity index (χ1v) is 11.3. The van der Waals surface area contributed by atoms with Crippen LogP contribution in [-0.2, 0) is 11.2 Å². The van der Waals surface area contributed by atoms with Gasteiger partial charge < -0.3 is 20.4 Å². The number of aliphatic hydroxyl groups excluding tert-OH is 4. The molecule has 0 amide bonds. The number of ketones is 1. The van der Waals surface area contributed by atoms with Crippen LogP contribution in [0, 0.1) is 11.8 Å². The SMILES string of the molecule is O=C(CO)CCCC=CC[C@@H]1[C@@H](C=C[C@@H](O)CCc2ccc(Cl)s2)[C@H](O)C[C@@H]1O. The number of allylic oxidation sites excluding steroid dienone is 2. The molecule has 5 nitrogen and oxygen atoms in total. The minimum Gasteiger partial charge on any atom is -0.393 e. The molecule has 1 aromatic rings. The number of aliphatic hydroxyl groups is 4. The molecule has 0 aliphatic heterocycles. The molecular weight excluding hydrogens is 412 g/mol. The van der Waals surface area contributed by atoms with Crippen molar-refractivity contribution in [1.29, 1.82) is 0 Å². The third kappa shape index (κ3) is 8.32. The van der Waals surface area contributed by atoms with Crippen LogP contribution in [0.4, 0.5) is 0 Å². The Labute approximate surface area is 181 Å². The first-order valence-electron chi connectivity index (χ1n) is 10.1. The molecule has 0 bridgehead atoms. The molecule has 0 unspecified atom stereocenters. The van der Waals surface area contributed by atoms with E-state index in [-0.39, 0.29) is 17.6 Å². The predicted octanol–water partition coefficient (Wildman–Crippen LogP) is 3.29. The van der Waals surface area contributed by atoms with Crippen LogP contribution in [0.25, 0.3) is 0 Å². The van der Waals surface area contributed by atoms with Crippen LogP contribution in [0.5, 0.6) is 0 Å². The normalized spacial score (nSPS) is 26.0. The van der Waals surface area contributed by atoms with Gasteiger partial charge in [0.15, 0.2) is 5.78 Å². The third-order valence-electron chi connectivity index (χ3n) is 5.36. The molecule has 1 fully saturated rings. The van der Waals surface area contributed by atoms with Crippen LogP contribution in [0.3, 0.4) is 0 Å². The van der Waals surface area contributed by atoms with E-state index in [1.54, 1.807) is 6.08 Å². The average molecular weight is 443 g/mol. The molecule has 5 atom stereocenters. The Morgan fingerprint density at radius 1 is 1.28 bits per heavy atom. The third-order valence-corrected chi connectivity index (χ3v) is 6.66. The standard InChI is InChI=1S/C22H31ClO5S/c23-22-12-10-17(29-22)9-7-15(25)8-11-19-18(20(27)13-21(19)28)6-4-2-1-3-5-16(26)14-24/h2,4,8,10-12,15,18-21,24-25,27-28H,1,3,5-7,9,13-14H2/t15-,18+,19+,20-,21+/m0/s1. The summed E-state index contributed by atoms with van der Waals surface area (Å²) in [6, 6.07) is 3.81. The highest BCUT2D eigenvalue weighted by Crippen LogP contribution is 2.36. The van der Waals surface area contributed by atoms with Crippen molar-refractivity contribution in [3.05, 3.63) is 45.7 Å². The van der Waals surface area contributed by atoms with Gasteiger partial charge in [-0.25, -0.2) is 0 Å². The van der Waals surface area contributed by atoms with E-state index in [4.69, 9.17) is 16.7 Å². The van der Waals surface area contributed by atoms with Crippen LogP contribution in [0.2, 0.25) is 4.34 Å². The van der Waals surface area contributed by atoms with Crippen LogP contribution in [-0.4, -0.2) is 51.1 Å². The number of thiophene rings is 1. The van der Waals surface area contributed by atoms with Crippen LogP contribution < -0.4 is 0 Å². The monoisotopic (exact) mass is 442 g/mol. The number of hydrogen-bond acceptors (Lipinski definition) is 6. The van der Waals surface area contributed by atoms with Crippen LogP contribution in [0.15, 0.2) is 36.4 Å². The molecule has 1 aromatic heterocycles. The van der Waals surface area contributed by atoms with E-state index < -0.39 is 24.9 Å². The van der Waals surface area contributed by atoms with E-state index in [1.165, 1.54) is 11.3 Å². The largest absolute Gasteiger partial charge is 0.393 e. The maximum Gasteiger partial charge on any atom is 0.158 e. The smallest absolute Gasteiger partial charge is 0.158 e. The first-order chi connectivity index (χ1) is 13.9. The van der Waals surface area contributed by atoms with Gasteiger partial charge in [0.25, 0.3) is 0 Å². The van der Waals surface area contributed by atoms with Crippen molar-refractivity contribution >= 4 is 28.7 Å². The second-order valence-electron chi connectivity index (χ2n) is 7.60. The van der Waals surface area contributed by atoms with E-state index in [1.807, 2.05) is 30.4 Å². The number of carbonyl (C=O) groups is 1. The summed E-state index contributed by atoms with van der Waals surface area (Å²) in [6.45, 7) is -0.406. The van der Waals surface area contributed by atoms with Gasteiger partial charge in [0.1, 0.15) is 6.61 Å². The summed E-state index contributed by atoms with van der Waals surface area (Å²) >= 11 is 7.43. The number of carbonyl (C=O) groups excluding carboxylic acids is 1. The maximum atomic E-state index is 11.1. The van der Waals surface area contributed by atoms with Crippen molar-refractivity contribution in [3.63, 3.8) is 0 Å². The van der Waals surface area contributed by atoms with Gasteiger partial charge in [0.05, 0.1) is 22.6 Å². The van der Waals surface area contributed by atoms with Crippen LogP contribution >= 0.6 is 22.9 Å². The molecule has 0 spiro atoms. The molecule has 0 saturated heterocycles. The summed E-state index contributed by atoms with van der Waals surface area (Å²) in [5, 5.41) is 39.5. The number of Topliss-reactive ketones (excluding diaryl/α,β-unsaturated/α-hetero) is 1. The average Bonchev–Trinajstić information content (AvgIpc) is 3.23. The lowest BCUT2D eigenvalue weighted by Gasteiger charge is -2.19. The molecule has 0 radical (unpaired) electrons. The molecular formula is C22H31ClO5S. The highest BCUT2D eigenvalue weighted by atomic mass is 35.5. The van der Waals surface area contributed by atoms with E-state index in [0.717, 1.165) is 22.1 Å². The number of aryl methyl sites for hydroxylation is 1. The molecule has 1 heterocycles. The topological polar surface area (TPSA) is 98.0 Å². The minimum absolute atomic E-state index is 0.0973. The molecule has 7 heteroatoms. The molecule has 1 saturated carbocycles. The summed E-state index contributed by atoms with van der Waals surface area (Å²) in [7, 11) is 0. The van der Waals surface area contributed by atoms with Crippen molar-refractivity contribution in [1.82, 2.24) is 0 Å². The fourth-order valence-corrected chi connectivity index (χ4v) is 4.81. The van der Waals surface area contributed by atoms with Crippen molar-refractivity contribution in [2.24, 2.45) is 11.8 Å². The lowest BCUT2D eigenvalue weighted by atomic mass is 9.89. The van der Waals surface area contributed by atoms with Gasteiger partial charge in [-0.15, -0.1) is 11.3 Å². The van der Waals surface area contributed by atoms with Gasteiger partial charge in [-0.3, -0.25) is 4.79 Å². The summed E-state index contributed by atoms with van der Waals surface area (Å²) in [4.78, 5) is 12.2. The first kappa shape index (κ1) is 24.3. The molecule has 162 valence electrons. The number of halogens is 1. The summed E-state index contributed by atoms with van der Waals surface area (Å²) in [5.41, 5.74) is 0. The molecule has 1 aliphatic carbocycles. The van der Waals surface area contributed by atoms with Gasteiger partial charge in [0.2, 0.25) is 0 Å². The zero-order chi connectivity index (χ0) is 21.2. The fourth-order valence-electron chi connectivity index (χ4n) is 3.70. The number of unbranched alkanes of at least 4 members (excludes halogenated alkanes) is 1. The summed E-state index contributed by atoms with van der Waals surface area (Å²) < 4.78 is 0.740. The Kier molecular flexibility index (Phi) is 10.6. The van der Waals surface area contributed by atoms with Gasteiger partial charge in [-0.05, 0) is 50.2 Å². The zero-order valence-electron chi connectivity index (χ0n) is 16.5. The maximum absolute atomic E-state index is 11.1. The quantitative estimate of drug-likeness (QED) is 0.294. The second-order valence-corrected chi connectivity index (χ2v) is 9.40. The molecule has 0 aromatic carbocycles. The van der Waals surface area contributed by atoms with Gasteiger partial charge in [0, 0.05) is 23.6 Å². The van der Waals surface area contributed by atoms with Gasteiger partial charge >= 0.3 is 0 Å². The predicted molar refractivity (Wildman–Crippen MR) is 116 cm³/mol. The summed E-state index contributed by atoms with van der Waals surface area (Å²) in [5.74, 6) is -0.449. The Balaban J connectivity index is 1.80. The number of hydrogen-bond donors (Lipinski definition) is 4. The van der Waals surface area contributed by atoms with Crippen molar-refractivity contribution in [3.8, 4) is 0 Å². The highest BCUT2D eigenvalue weighted by molar-refractivity contribution is 7.16. The summed E-state index contributed by atoms with van der Waals surface area (Å²) in [6.07, 6.45) is 9.79. The molecule has 2 rings (SSSR count). The van der Waals surface area contributed by atoms with Gasteiger partial charge in [-0.1, -0.05) is 35.9 Å². The van der Waals surface area contributed by atoms with Crippen LogP contribution in [0.1, 0.15) is 43.4 Å². The van der Waals surface area contributed by atoms with E-state index in [9.17, 15) is 20.1 Å². The Morgan fingerprint density at radius 3 is 2.76 bits per heavy atom. The Bertz CT molecular complexity index is 686. The Morgan fingerprint density at radius 2 is 2.07 bits per heavy atom. The minimum atomic E-state index is -0.620. The molecule has 29 heavy (non-hydrogen) atoms. The highest BCUT2D eigenvalue weighted by Gasteiger charge is 2.39. The Hall–Kier alpha value is -1.02. The van der Waals surface area contributed by atoms with Crippen molar-refractivity contribution < 1.29 is 25.2 Å². The lowest BCUT2D eigenvalue weighted by molar-refractivity contribution is -0.121. The van der Waals surface area contributed by atoms with E-state index in [2.05, 4.69) is 0 Å². The van der Waals surface area contributed by atoms with Crippen molar-refractivity contribution in [2.45, 2.75) is 63.3 Å². The van der Waals surface area contributed by atoms with Gasteiger partial charge in [-0.2, -0.15) is 0 Å². The fraction of sp³-hybridized carbons (Fsp3) is 0.591. The number of rotatable bonds is 12. The lowest BCUT2D eigenvalue weighted by Crippen LogP contribution is -2.20. The van der Waals surface area contributed by atoms with E-state index >= 15 is 0 Å².